The summed E-state index contributed by atoms with van der Waals surface area (Å²) in [5.41, 5.74) is 0. The van der Waals surface area contributed by atoms with Gasteiger partial charge in [-0.25, -0.2) is 0 Å². The fraction of sp³-hybridized carbons (Fsp3) is 0.653. The van der Waals surface area contributed by atoms with Crippen LogP contribution in [0, 0.1) is 0 Å². The van der Waals surface area contributed by atoms with Crippen LogP contribution in [0.2, 0.25) is 0 Å². The molecule has 0 spiro atoms. The van der Waals surface area contributed by atoms with Gasteiger partial charge in [0.15, 0.2) is 12.4 Å². The standard InChI is InChI=1S/C75H123NO10/c1-4-7-10-13-16-19-22-25-27-29-31-33-34-35-36-37-39-41-43-45-48-51-54-57-60-63-70(80)86-73-72(82)71(81)69(64-77)85-75(73)84-65-66(67(78)61-58-55-52-49-46-24-21-18-15-12-9-6-3)76-74(83)68(79)62-59-56-53-50-47-44-42-40-38-32-30-28-26-23-20-17-14-11-8-5-2/h7-8,10-11,16-17,19-20,25-28,31-33,35-36,38-39,41-42,44,58,61,66-69,71-73,75,77-79,81-82H,4-6,9,12-15,18,21-24,29-30,34,37,40,43,45-57,59-60,62-65H2,1-3H3,(H,76,83)/b10-7-,11-8-,19-16-,20-17-,27-25-,28-26-,33-31-,36-35-,38-32-,41-39-,44-42-,61-58+. The van der Waals surface area contributed by atoms with Gasteiger partial charge in [0.2, 0.25) is 5.91 Å². The summed E-state index contributed by atoms with van der Waals surface area (Å²) in [5, 5.41) is 57.2. The van der Waals surface area contributed by atoms with Crippen LogP contribution in [0.1, 0.15) is 252 Å². The molecule has 6 N–H and O–H groups in total. The van der Waals surface area contributed by atoms with Gasteiger partial charge in [0, 0.05) is 6.42 Å². The summed E-state index contributed by atoms with van der Waals surface area (Å²) in [6.45, 7) is 5.54. The first-order chi connectivity index (χ1) is 42.2. The molecule has 0 radical (unpaired) electrons. The van der Waals surface area contributed by atoms with Crippen LogP contribution in [0.3, 0.4) is 0 Å². The van der Waals surface area contributed by atoms with E-state index in [1.165, 1.54) is 44.9 Å². The van der Waals surface area contributed by atoms with Gasteiger partial charge in [-0.05, 0) is 122 Å². The van der Waals surface area contributed by atoms with Crippen molar-refractivity contribution in [2.75, 3.05) is 13.2 Å². The molecule has 1 heterocycles. The maximum atomic E-state index is 13.5. The molecule has 0 aromatic heterocycles. The van der Waals surface area contributed by atoms with Gasteiger partial charge in [-0.1, -0.05) is 269 Å². The van der Waals surface area contributed by atoms with Crippen LogP contribution in [0.15, 0.2) is 146 Å². The zero-order valence-electron chi connectivity index (χ0n) is 54.1. The summed E-state index contributed by atoms with van der Waals surface area (Å²) in [4.78, 5) is 26.7. The van der Waals surface area contributed by atoms with Gasteiger partial charge >= 0.3 is 5.97 Å². The topological polar surface area (TPSA) is 175 Å². The maximum Gasteiger partial charge on any atom is 0.306 e. The molecule has 488 valence electrons. The maximum absolute atomic E-state index is 13.5. The Morgan fingerprint density at radius 3 is 1.26 bits per heavy atom. The Morgan fingerprint density at radius 1 is 0.465 bits per heavy atom. The van der Waals surface area contributed by atoms with Crippen molar-refractivity contribution < 1.29 is 49.3 Å². The number of esters is 1. The van der Waals surface area contributed by atoms with Crippen LogP contribution in [0.4, 0.5) is 0 Å². The minimum atomic E-state index is -1.64. The molecule has 8 unspecified atom stereocenters. The molecule has 0 aliphatic carbocycles. The Kier molecular flexibility index (Phi) is 56.2. The highest BCUT2D eigenvalue weighted by molar-refractivity contribution is 5.80. The van der Waals surface area contributed by atoms with E-state index in [1.54, 1.807) is 6.08 Å². The number of aliphatic hydroxyl groups is 5. The van der Waals surface area contributed by atoms with Gasteiger partial charge < -0.3 is 45.1 Å². The van der Waals surface area contributed by atoms with Crippen molar-refractivity contribution in [2.45, 2.75) is 301 Å². The van der Waals surface area contributed by atoms with E-state index in [9.17, 15) is 35.1 Å². The highest BCUT2D eigenvalue weighted by atomic mass is 16.7. The number of hydrogen-bond donors (Lipinski definition) is 6. The summed E-state index contributed by atoms with van der Waals surface area (Å²) in [6.07, 6.45) is 77.3. The highest BCUT2D eigenvalue weighted by Gasteiger charge is 2.47. The van der Waals surface area contributed by atoms with E-state index >= 15 is 0 Å². The first kappa shape index (κ1) is 79.6. The Labute approximate surface area is 524 Å². The fourth-order valence-corrected chi connectivity index (χ4v) is 9.68. The number of aliphatic hydroxyl groups excluding tert-OH is 5. The van der Waals surface area contributed by atoms with Gasteiger partial charge in [0.05, 0.1) is 25.4 Å². The van der Waals surface area contributed by atoms with Crippen LogP contribution < -0.4 is 5.32 Å². The SMILES string of the molecule is CC/C=C\C/C=C\C/C=C\C/C=C\C/C=C\C/C=C\CCCCCCCCC(=O)OC1C(OCC(NC(=O)C(O)CCCCCC/C=C\C/C=C\C/C=C\C/C=C\C/C=C\CC)C(O)/C=C/CCCCCCCCCCCC)OC(CO)C(O)C1O. The molecule has 0 saturated carbocycles. The minimum absolute atomic E-state index is 0.0947. The quantitative estimate of drug-likeness (QED) is 0.0195. The van der Waals surface area contributed by atoms with Crippen LogP contribution in [0.5, 0.6) is 0 Å². The smallest absolute Gasteiger partial charge is 0.306 e. The van der Waals surface area contributed by atoms with Crippen LogP contribution in [-0.2, 0) is 23.8 Å². The lowest BCUT2D eigenvalue weighted by Gasteiger charge is -2.41. The second-order valence-electron chi connectivity index (χ2n) is 22.8. The highest BCUT2D eigenvalue weighted by Crippen LogP contribution is 2.26. The van der Waals surface area contributed by atoms with E-state index in [0.29, 0.717) is 12.8 Å². The summed E-state index contributed by atoms with van der Waals surface area (Å²) in [6, 6.07) is -1.05. The zero-order valence-corrected chi connectivity index (χ0v) is 54.1. The van der Waals surface area contributed by atoms with E-state index in [0.717, 1.165) is 161 Å². The number of amides is 1. The number of carbonyl (C=O) groups is 2. The molecular formula is C75H123NO10. The lowest BCUT2D eigenvalue weighted by Crippen LogP contribution is -2.61. The van der Waals surface area contributed by atoms with Gasteiger partial charge in [-0.2, -0.15) is 0 Å². The van der Waals surface area contributed by atoms with Crippen molar-refractivity contribution >= 4 is 11.9 Å². The Hall–Kier alpha value is -4.46. The number of allylic oxidation sites excluding steroid dienone is 23. The van der Waals surface area contributed by atoms with Crippen LogP contribution in [0.25, 0.3) is 0 Å². The van der Waals surface area contributed by atoms with Crippen molar-refractivity contribution in [3.05, 3.63) is 146 Å². The average Bonchev–Trinajstić information content (AvgIpc) is 3.39. The molecule has 1 saturated heterocycles. The predicted octanol–water partition coefficient (Wildman–Crippen LogP) is 17.3. The van der Waals surface area contributed by atoms with Crippen LogP contribution in [-0.4, -0.2) is 99.6 Å². The van der Waals surface area contributed by atoms with Crippen molar-refractivity contribution in [3.8, 4) is 0 Å². The van der Waals surface area contributed by atoms with Crippen molar-refractivity contribution in [3.63, 3.8) is 0 Å². The van der Waals surface area contributed by atoms with Crippen LogP contribution >= 0.6 is 0 Å². The molecule has 86 heavy (non-hydrogen) atoms. The monoisotopic (exact) mass is 1200 g/mol. The molecular weight excluding hydrogens is 1070 g/mol. The molecule has 11 nitrogen and oxygen atoms in total. The number of hydrogen-bond acceptors (Lipinski definition) is 10. The zero-order chi connectivity index (χ0) is 62.4. The van der Waals surface area contributed by atoms with Crippen molar-refractivity contribution in [2.24, 2.45) is 0 Å². The molecule has 0 bridgehead atoms. The normalized spacial score (nSPS) is 19.3. The molecule has 0 aromatic rings. The molecule has 8 atom stereocenters. The first-order valence-electron chi connectivity index (χ1n) is 34.1. The van der Waals surface area contributed by atoms with Gasteiger partial charge in [0.1, 0.15) is 24.4 Å². The summed E-state index contributed by atoms with van der Waals surface area (Å²) >= 11 is 0. The summed E-state index contributed by atoms with van der Waals surface area (Å²) in [5.74, 6) is -1.24. The molecule has 1 rings (SSSR count). The van der Waals surface area contributed by atoms with Gasteiger partial charge in [0.25, 0.3) is 0 Å². The number of nitrogens with one attached hydrogen (secondary N) is 1. The molecule has 1 amide bonds. The third-order valence-corrected chi connectivity index (χ3v) is 15.0. The predicted molar refractivity (Wildman–Crippen MR) is 360 cm³/mol. The fourth-order valence-electron chi connectivity index (χ4n) is 9.68. The Bertz CT molecular complexity index is 1960. The Morgan fingerprint density at radius 2 is 0.837 bits per heavy atom. The van der Waals surface area contributed by atoms with Crippen molar-refractivity contribution in [1.82, 2.24) is 5.32 Å². The number of unbranched alkanes of at least 4 members (excludes halogenated alkanes) is 20. The van der Waals surface area contributed by atoms with E-state index in [2.05, 4.69) is 160 Å². The second-order valence-corrected chi connectivity index (χ2v) is 22.8. The van der Waals surface area contributed by atoms with E-state index in [4.69, 9.17) is 14.2 Å². The number of rotatable bonds is 56. The third-order valence-electron chi connectivity index (χ3n) is 15.0. The number of carbonyl (C=O) groups excluding carboxylic acids is 2. The van der Waals surface area contributed by atoms with E-state index in [1.807, 2.05) is 6.08 Å². The molecule has 1 fully saturated rings. The largest absolute Gasteiger partial charge is 0.454 e. The average molecular weight is 1200 g/mol. The van der Waals surface area contributed by atoms with Crippen molar-refractivity contribution in [1.29, 1.82) is 0 Å². The van der Waals surface area contributed by atoms with E-state index in [-0.39, 0.29) is 19.4 Å². The summed E-state index contributed by atoms with van der Waals surface area (Å²) in [7, 11) is 0. The molecule has 1 aliphatic rings. The van der Waals surface area contributed by atoms with E-state index < -0.39 is 67.4 Å². The molecule has 1 aliphatic heterocycles. The lowest BCUT2D eigenvalue weighted by atomic mass is 9.99. The van der Waals surface area contributed by atoms with Gasteiger partial charge in [-0.3, -0.25) is 9.59 Å². The Balaban J connectivity index is 2.64. The third kappa shape index (κ3) is 47.6. The van der Waals surface area contributed by atoms with Gasteiger partial charge in [-0.15, -0.1) is 0 Å². The minimum Gasteiger partial charge on any atom is -0.454 e. The lowest BCUT2D eigenvalue weighted by molar-refractivity contribution is -0.305. The molecule has 0 aromatic carbocycles. The summed E-state index contributed by atoms with van der Waals surface area (Å²) < 4.78 is 17.6. The number of ether oxygens (including phenoxy) is 3. The molecule has 11 heteroatoms. The first-order valence-corrected chi connectivity index (χ1v) is 34.1. The second kappa shape index (κ2) is 60.8.